The predicted octanol–water partition coefficient (Wildman–Crippen LogP) is 16.0. The highest BCUT2D eigenvalue weighted by atomic mass is 14.9. The van der Waals surface area contributed by atoms with Crippen LogP contribution in [-0.4, -0.2) is 9.97 Å². The predicted molar refractivity (Wildman–Crippen MR) is 269 cm³/mol. The largest absolute Gasteiger partial charge is 0.228 e. The van der Waals surface area contributed by atoms with Gasteiger partial charge in [0, 0.05) is 16.7 Å². The van der Waals surface area contributed by atoms with Crippen LogP contribution in [0.15, 0.2) is 255 Å². The third kappa shape index (κ3) is 6.41. The number of benzene rings is 10. The Labute approximate surface area is 379 Å². The minimum Gasteiger partial charge on any atom is -0.228 e. The van der Waals surface area contributed by atoms with Crippen molar-refractivity contribution in [3.63, 3.8) is 0 Å². The highest BCUT2D eigenvalue weighted by Gasteiger charge is 2.47. The van der Waals surface area contributed by atoms with E-state index in [-0.39, 0.29) is 0 Å². The Morgan fingerprint density at radius 3 is 1.37 bits per heavy atom. The van der Waals surface area contributed by atoms with Gasteiger partial charge in [-0.1, -0.05) is 243 Å². The summed E-state index contributed by atoms with van der Waals surface area (Å²) in [4.78, 5) is 10.8. The van der Waals surface area contributed by atoms with Crippen LogP contribution < -0.4 is 0 Å². The van der Waals surface area contributed by atoms with Crippen LogP contribution in [0.2, 0.25) is 0 Å². The van der Waals surface area contributed by atoms with Crippen molar-refractivity contribution < 1.29 is 0 Å². The number of nitrogens with zero attached hydrogens (tertiary/aromatic N) is 2. The number of fused-ring (bicyclic) bond motifs is 4. The van der Waals surface area contributed by atoms with Gasteiger partial charge < -0.3 is 0 Å². The monoisotopic (exact) mass is 826 g/mol. The summed E-state index contributed by atoms with van der Waals surface area (Å²) >= 11 is 0. The first-order valence-corrected chi connectivity index (χ1v) is 22.3. The van der Waals surface area contributed by atoms with Gasteiger partial charge >= 0.3 is 0 Å². The fourth-order valence-electron chi connectivity index (χ4n) is 10.4. The minimum atomic E-state index is -0.538. The highest BCUT2D eigenvalue weighted by molar-refractivity contribution is 6.07. The van der Waals surface area contributed by atoms with E-state index in [0.29, 0.717) is 5.82 Å². The van der Waals surface area contributed by atoms with Crippen molar-refractivity contribution in [2.24, 2.45) is 0 Å². The Balaban J connectivity index is 1.09. The molecule has 0 amide bonds. The standard InChI is InChI=1S/C63H42N2/c1-6-21-43(22-7-1)46-37-38-54(57(41-46)44-23-8-2-9-24-44)60-42-59(64-62(65-60)45-25-10-3-11-26-45)53-40-39-51(49-31-16-17-32-50(49)53)55-34-20-35-56-52-33-18-19-36-58(52)63(61(55)56,47-27-12-4-13-28-47)48-29-14-5-15-30-48/h1-42H. The molecule has 2 heteroatoms. The molecule has 0 bridgehead atoms. The average Bonchev–Trinajstić information content (AvgIpc) is 3.71. The zero-order valence-electron chi connectivity index (χ0n) is 35.6. The van der Waals surface area contributed by atoms with Crippen molar-refractivity contribution in [2.75, 3.05) is 0 Å². The van der Waals surface area contributed by atoms with Crippen molar-refractivity contribution in [3.8, 4) is 78.4 Å². The summed E-state index contributed by atoms with van der Waals surface area (Å²) in [5.41, 5.74) is 18.9. The molecule has 0 saturated carbocycles. The van der Waals surface area contributed by atoms with E-state index in [1.807, 2.05) is 6.07 Å². The second-order valence-electron chi connectivity index (χ2n) is 16.8. The summed E-state index contributed by atoms with van der Waals surface area (Å²) in [5, 5.41) is 2.30. The van der Waals surface area contributed by atoms with Crippen molar-refractivity contribution in [2.45, 2.75) is 5.41 Å². The number of hydrogen-bond acceptors (Lipinski definition) is 2. The minimum absolute atomic E-state index is 0.538. The normalized spacial score (nSPS) is 12.4. The maximum Gasteiger partial charge on any atom is 0.160 e. The van der Waals surface area contributed by atoms with Crippen LogP contribution in [0.4, 0.5) is 0 Å². The lowest BCUT2D eigenvalue weighted by atomic mass is 9.66. The fraction of sp³-hybridized carbons (Fsp3) is 0.0159. The molecule has 0 unspecified atom stereocenters. The zero-order valence-corrected chi connectivity index (χ0v) is 35.6. The molecular weight excluding hydrogens is 785 g/mol. The fourth-order valence-corrected chi connectivity index (χ4v) is 10.4. The van der Waals surface area contributed by atoms with Crippen LogP contribution in [-0.2, 0) is 5.41 Å². The van der Waals surface area contributed by atoms with E-state index < -0.39 is 5.41 Å². The third-order valence-corrected chi connectivity index (χ3v) is 13.2. The second kappa shape index (κ2) is 16.0. The molecule has 0 spiro atoms. The molecule has 12 rings (SSSR count). The van der Waals surface area contributed by atoms with Crippen molar-refractivity contribution in [3.05, 3.63) is 277 Å². The molecule has 2 nitrogen and oxygen atoms in total. The summed E-state index contributed by atoms with van der Waals surface area (Å²) in [6, 6.07) is 91.9. The molecule has 0 radical (unpaired) electrons. The van der Waals surface area contributed by atoms with Crippen LogP contribution >= 0.6 is 0 Å². The Kier molecular flexibility index (Phi) is 9.43. The smallest absolute Gasteiger partial charge is 0.160 e. The molecule has 304 valence electrons. The highest BCUT2D eigenvalue weighted by Crippen LogP contribution is 2.59. The average molecular weight is 827 g/mol. The molecule has 1 aliphatic carbocycles. The molecule has 0 N–H and O–H groups in total. The molecule has 0 atom stereocenters. The lowest BCUT2D eigenvalue weighted by Gasteiger charge is -2.35. The van der Waals surface area contributed by atoms with Gasteiger partial charge in [0.25, 0.3) is 0 Å². The third-order valence-electron chi connectivity index (χ3n) is 13.2. The molecule has 10 aromatic carbocycles. The maximum absolute atomic E-state index is 5.40. The van der Waals surface area contributed by atoms with Crippen molar-refractivity contribution in [1.29, 1.82) is 0 Å². The van der Waals surface area contributed by atoms with Gasteiger partial charge in [0.2, 0.25) is 0 Å². The molecular formula is C63H42N2. The second-order valence-corrected chi connectivity index (χ2v) is 16.8. The van der Waals surface area contributed by atoms with Gasteiger partial charge in [-0.3, -0.25) is 0 Å². The SMILES string of the molecule is c1ccc(-c2ccc(-c3cc(-c4ccc(-c5cccc6c5C(c5ccccc5)(c5ccccc5)c5ccccc5-6)c5ccccc45)nc(-c4ccccc4)n3)c(-c3ccccc3)c2)cc1. The summed E-state index contributed by atoms with van der Waals surface area (Å²) in [6.45, 7) is 0. The van der Waals surface area contributed by atoms with E-state index in [2.05, 4.69) is 249 Å². The molecule has 0 saturated heterocycles. The van der Waals surface area contributed by atoms with E-state index in [1.54, 1.807) is 0 Å². The Hall–Kier alpha value is -8.46. The van der Waals surface area contributed by atoms with Crippen molar-refractivity contribution >= 4 is 10.8 Å². The molecule has 1 aliphatic rings. The summed E-state index contributed by atoms with van der Waals surface area (Å²) in [5.74, 6) is 0.687. The van der Waals surface area contributed by atoms with Gasteiger partial charge in [-0.15, -0.1) is 0 Å². The Morgan fingerprint density at radius 2 is 0.723 bits per heavy atom. The van der Waals surface area contributed by atoms with E-state index >= 15 is 0 Å². The Morgan fingerprint density at radius 1 is 0.262 bits per heavy atom. The Bertz CT molecular complexity index is 3470. The van der Waals surface area contributed by atoms with Crippen LogP contribution in [0.3, 0.4) is 0 Å². The molecule has 0 aliphatic heterocycles. The van der Waals surface area contributed by atoms with Gasteiger partial charge in [0.1, 0.15) is 0 Å². The summed E-state index contributed by atoms with van der Waals surface area (Å²) < 4.78 is 0. The lowest BCUT2D eigenvalue weighted by molar-refractivity contribution is 0.770. The molecule has 1 aromatic heterocycles. The molecule has 11 aromatic rings. The van der Waals surface area contributed by atoms with E-state index in [9.17, 15) is 0 Å². The summed E-state index contributed by atoms with van der Waals surface area (Å²) in [7, 11) is 0. The van der Waals surface area contributed by atoms with Gasteiger partial charge in [-0.25, -0.2) is 9.97 Å². The van der Waals surface area contributed by atoms with Crippen LogP contribution in [0.1, 0.15) is 22.3 Å². The van der Waals surface area contributed by atoms with Crippen LogP contribution in [0, 0.1) is 0 Å². The first-order chi connectivity index (χ1) is 32.3. The first kappa shape index (κ1) is 38.2. The van der Waals surface area contributed by atoms with E-state index in [1.165, 1.54) is 55.5 Å². The molecule has 1 heterocycles. The van der Waals surface area contributed by atoms with Gasteiger partial charge in [0.05, 0.1) is 16.8 Å². The molecule has 0 fully saturated rings. The van der Waals surface area contributed by atoms with E-state index in [0.717, 1.165) is 50.2 Å². The van der Waals surface area contributed by atoms with Crippen LogP contribution in [0.5, 0.6) is 0 Å². The van der Waals surface area contributed by atoms with Crippen molar-refractivity contribution in [1.82, 2.24) is 9.97 Å². The first-order valence-electron chi connectivity index (χ1n) is 22.3. The quantitative estimate of drug-likeness (QED) is 0.152. The molecule has 65 heavy (non-hydrogen) atoms. The van der Waals surface area contributed by atoms with Gasteiger partial charge in [-0.05, 0) is 89.7 Å². The lowest BCUT2D eigenvalue weighted by Crippen LogP contribution is -2.29. The van der Waals surface area contributed by atoms with Gasteiger partial charge in [-0.2, -0.15) is 0 Å². The van der Waals surface area contributed by atoms with Crippen LogP contribution in [0.25, 0.3) is 89.2 Å². The number of rotatable bonds is 8. The maximum atomic E-state index is 5.40. The number of hydrogen-bond donors (Lipinski definition) is 0. The van der Waals surface area contributed by atoms with E-state index in [4.69, 9.17) is 9.97 Å². The number of aromatic nitrogens is 2. The summed E-state index contributed by atoms with van der Waals surface area (Å²) in [6.07, 6.45) is 0. The van der Waals surface area contributed by atoms with Gasteiger partial charge in [0.15, 0.2) is 5.82 Å². The topological polar surface area (TPSA) is 25.8 Å². The zero-order chi connectivity index (χ0) is 43.2.